The van der Waals surface area contributed by atoms with Crippen LogP contribution in [0.5, 0.6) is 0 Å². The van der Waals surface area contributed by atoms with E-state index in [0.29, 0.717) is 22.2 Å². The minimum Gasteiger partial charge on any atom is -0.463 e. The first kappa shape index (κ1) is 18.2. The van der Waals surface area contributed by atoms with Gasteiger partial charge in [-0.25, -0.2) is 4.68 Å². The molecule has 2 heterocycles. The second-order valence-corrected chi connectivity index (χ2v) is 5.93. The van der Waals surface area contributed by atoms with E-state index in [1.165, 1.54) is 17.0 Å². The fraction of sp³-hybridized carbons (Fsp3) is 0.0588. The molecule has 0 bridgehead atoms. The van der Waals surface area contributed by atoms with E-state index >= 15 is 0 Å². The zero-order valence-corrected chi connectivity index (χ0v) is 14.5. The molecule has 1 aromatic carbocycles. The standard InChI is InChI=1S/C17H14ClN5O4/c18-9-3-1-4-10(7-9)23-12(13-5-2-6-27-13)8-11(22-23)17(26)21-14(15(19)24)16(20)25/h1-8,14H,(H2,19,24)(H2,20,25)(H,21,26). The van der Waals surface area contributed by atoms with Crippen LogP contribution in [0.4, 0.5) is 0 Å². The van der Waals surface area contributed by atoms with Gasteiger partial charge >= 0.3 is 0 Å². The molecule has 0 saturated carbocycles. The number of halogens is 1. The number of hydrogen-bond donors (Lipinski definition) is 3. The lowest BCUT2D eigenvalue weighted by Crippen LogP contribution is -2.52. The summed E-state index contributed by atoms with van der Waals surface area (Å²) in [5.74, 6) is -2.50. The van der Waals surface area contributed by atoms with E-state index in [9.17, 15) is 14.4 Å². The van der Waals surface area contributed by atoms with Gasteiger partial charge in [-0.15, -0.1) is 0 Å². The van der Waals surface area contributed by atoms with Gasteiger partial charge < -0.3 is 21.2 Å². The van der Waals surface area contributed by atoms with E-state index in [2.05, 4.69) is 10.4 Å². The third-order valence-electron chi connectivity index (χ3n) is 3.61. The van der Waals surface area contributed by atoms with Crippen molar-refractivity contribution in [1.82, 2.24) is 15.1 Å². The van der Waals surface area contributed by atoms with E-state index in [1.807, 2.05) is 0 Å². The molecule has 138 valence electrons. The average molecular weight is 388 g/mol. The van der Waals surface area contributed by atoms with Crippen molar-refractivity contribution < 1.29 is 18.8 Å². The summed E-state index contributed by atoms with van der Waals surface area (Å²) < 4.78 is 6.84. The number of nitrogens with zero attached hydrogens (tertiary/aromatic N) is 2. The summed E-state index contributed by atoms with van der Waals surface area (Å²) in [5, 5.41) is 6.87. The molecule has 9 nitrogen and oxygen atoms in total. The van der Waals surface area contributed by atoms with Crippen LogP contribution in [0, 0.1) is 0 Å². The van der Waals surface area contributed by atoms with Crippen LogP contribution in [0.15, 0.2) is 53.1 Å². The van der Waals surface area contributed by atoms with Crippen LogP contribution in [0.25, 0.3) is 17.1 Å². The molecule has 0 aliphatic heterocycles. The highest BCUT2D eigenvalue weighted by atomic mass is 35.5. The van der Waals surface area contributed by atoms with Crippen molar-refractivity contribution >= 4 is 29.3 Å². The largest absolute Gasteiger partial charge is 0.463 e. The highest BCUT2D eigenvalue weighted by Crippen LogP contribution is 2.25. The summed E-state index contributed by atoms with van der Waals surface area (Å²) >= 11 is 6.03. The number of carbonyl (C=O) groups excluding carboxylic acids is 3. The molecule has 3 rings (SSSR count). The molecule has 0 radical (unpaired) electrons. The first-order valence-electron chi connectivity index (χ1n) is 7.66. The number of aromatic nitrogens is 2. The Balaban J connectivity index is 2.03. The highest BCUT2D eigenvalue weighted by Gasteiger charge is 2.26. The quantitative estimate of drug-likeness (QED) is 0.536. The van der Waals surface area contributed by atoms with Gasteiger partial charge in [0.25, 0.3) is 5.91 Å². The monoisotopic (exact) mass is 387 g/mol. The SMILES string of the molecule is NC(=O)C(NC(=O)c1cc(-c2ccco2)n(-c2cccc(Cl)c2)n1)C(N)=O. The Kier molecular flexibility index (Phi) is 4.95. The van der Waals surface area contributed by atoms with Crippen molar-refractivity contribution in [3.63, 3.8) is 0 Å². The predicted octanol–water partition coefficient (Wildman–Crippen LogP) is 0.855. The van der Waals surface area contributed by atoms with Gasteiger partial charge in [-0.05, 0) is 30.3 Å². The van der Waals surface area contributed by atoms with Crippen LogP contribution in [0.3, 0.4) is 0 Å². The molecule has 3 amide bonds. The van der Waals surface area contributed by atoms with Gasteiger partial charge in [0.05, 0.1) is 12.0 Å². The van der Waals surface area contributed by atoms with Gasteiger partial charge in [0.1, 0.15) is 5.69 Å². The lowest BCUT2D eigenvalue weighted by molar-refractivity contribution is -0.128. The lowest BCUT2D eigenvalue weighted by Gasteiger charge is -2.10. The molecule has 0 spiro atoms. The van der Waals surface area contributed by atoms with Gasteiger partial charge in [0, 0.05) is 11.1 Å². The van der Waals surface area contributed by atoms with Gasteiger partial charge in [-0.3, -0.25) is 14.4 Å². The fourth-order valence-corrected chi connectivity index (χ4v) is 2.57. The van der Waals surface area contributed by atoms with Gasteiger partial charge in [0.2, 0.25) is 11.8 Å². The molecule has 2 aromatic heterocycles. The Labute approximate surface area is 157 Å². The molecular weight excluding hydrogens is 374 g/mol. The normalized spacial score (nSPS) is 10.7. The van der Waals surface area contributed by atoms with Crippen LogP contribution in [-0.2, 0) is 9.59 Å². The maximum absolute atomic E-state index is 12.4. The molecule has 0 unspecified atom stereocenters. The Bertz CT molecular complexity index is 998. The smallest absolute Gasteiger partial charge is 0.272 e. The van der Waals surface area contributed by atoms with Crippen molar-refractivity contribution in [2.45, 2.75) is 6.04 Å². The van der Waals surface area contributed by atoms with Crippen LogP contribution in [0.1, 0.15) is 10.5 Å². The zero-order chi connectivity index (χ0) is 19.6. The second kappa shape index (κ2) is 7.34. The maximum Gasteiger partial charge on any atom is 0.272 e. The summed E-state index contributed by atoms with van der Waals surface area (Å²) in [6.07, 6.45) is 1.47. The summed E-state index contributed by atoms with van der Waals surface area (Å²) in [7, 11) is 0. The van der Waals surface area contributed by atoms with Crippen LogP contribution < -0.4 is 16.8 Å². The summed E-state index contributed by atoms with van der Waals surface area (Å²) in [4.78, 5) is 35.0. The molecule has 3 aromatic rings. The number of nitrogens with two attached hydrogens (primary N) is 2. The molecule has 0 aliphatic rings. The number of hydrogen-bond acceptors (Lipinski definition) is 5. The topological polar surface area (TPSA) is 146 Å². The third-order valence-corrected chi connectivity index (χ3v) is 3.85. The number of benzene rings is 1. The first-order valence-corrected chi connectivity index (χ1v) is 8.04. The van der Waals surface area contributed by atoms with E-state index in [-0.39, 0.29) is 5.69 Å². The zero-order valence-electron chi connectivity index (χ0n) is 13.8. The van der Waals surface area contributed by atoms with E-state index < -0.39 is 23.8 Å². The lowest BCUT2D eigenvalue weighted by atomic mass is 10.2. The number of amides is 3. The van der Waals surface area contributed by atoms with Crippen molar-refractivity contribution in [2.75, 3.05) is 0 Å². The Morgan fingerprint density at radius 2 is 1.85 bits per heavy atom. The predicted molar refractivity (Wildman–Crippen MR) is 95.9 cm³/mol. The molecule has 0 atom stereocenters. The second-order valence-electron chi connectivity index (χ2n) is 5.50. The van der Waals surface area contributed by atoms with Crippen LogP contribution in [-0.4, -0.2) is 33.5 Å². The van der Waals surface area contributed by atoms with E-state index in [1.54, 1.807) is 36.4 Å². The van der Waals surface area contributed by atoms with E-state index in [4.69, 9.17) is 27.5 Å². The minimum atomic E-state index is -1.65. The van der Waals surface area contributed by atoms with Crippen LogP contribution >= 0.6 is 11.6 Å². The maximum atomic E-state index is 12.4. The van der Waals surface area contributed by atoms with Gasteiger partial charge in [-0.1, -0.05) is 17.7 Å². The number of nitrogens with one attached hydrogen (secondary N) is 1. The first-order chi connectivity index (χ1) is 12.9. The van der Waals surface area contributed by atoms with Crippen molar-refractivity contribution in [3.05, 3.63) is 59.4 Å². The summed E-state index contributed by atoms with van der Waals surface area (Å²) in [6, 6.07) is 9.96. The fourth-order valence-electron chi connectivity index (χ4n) is 2.38. The van der Waals surface area contributed by atoms with E-state index in [0.717, 1.165) is 0 Å². The summed E-state index contributed by atoms with van der Waals surface area (Å²) in [5.41, 5.74) is 11.1. The Hall–Kier alpha value is -3.59. The van der Waals surface area contributed by atoms with Crippen molar-refractivity contribution in [3.8, 4) is 17.1 Å². The number of rotatable bonds is 6. The average Bonchev–Trinajstić information content (AvgIpc) is 3.28. The summed E-state index contributed by atoms with van der Waals surface area (Å²) in [6.45, 7) is 0. The number of carbonyl (C=O) groups is 3. The molecular formula is C17H14ClN5O4. The van der Waals surface area contributed by atoms with Crippen molar-refractivity contribution in [2.24, 2.45) is 11.5 Å². The van der Waals surface area contributed by atoms with Gasteiger partial charge in [0.15, 0.2) is 17.5 Å². The Morgan fingerprint density at radius 1 is 1.11 bits per heavy atom. The number of primary amides is 2. The molecule has 0 saturated heterocycles. The highest BCUT2D eigenvalue weighted by molar-refractivity contribution is 6.30. The molecule has 10 heteroatoms. The minimum absolute atomic E-state index is 0.0751. The van der Waals surface area contributed by atoms with Crippen molar-refractivity contribution in [1.29, 1.82) is 0 Å². The number of furan rings is 1. The molecule has 0 aliphatic carbocycles. The van der Waals surface area contributed by atoms with Crippen LogP contribution in [0.2, 0.25) is 5.02 Å². The van der Waals surface area contributed by atoms with Gasteiger partial charge in [-0.2, -0.15) is 5.10 Å². The third kappa shape index (κ3) is 3.82. The molecule has 0 fully saturated rings. The molecule has 27 heavy (non-hydrogen) atoms. The Morgan fingerprint density at radius 3 is 2.44 bits per heavy atom. The molecule has 5 N–H and O–H groups in total.